The summed E-state index contributed by atoms with van der Waals surface area (Å²) in [5.41, 5.74) is 2.66. The fraction of sp³-hybridized carbons (Fsp3) is 0.261. The van der Waals surface area contributed by atoms with E-state index < -0.39 is 0 Å². The maximum absolute atomic E-state index is 13.0. The number of para-hydroxylation sites is 1. The molecule has 3 heterocycles. The largest absolute Gasteiger partial charge is 0.455 e. The van der Waals surface area contributed by atoms with Crippen LogP contribution in [0.25, 0.3) is 0 Å². The number of nitrogens with one attached hydrogen (secondary N) is 2. The maximum atomic E-state index is 13.0. The Hall–Kier alpha value is -3.07. The van der Waals surface area contributed by atoms with Crippen molar-refractivity contribution >= 4 is 52.1 Å². The van der Waals surface area contributed by atoms with E-state index in [1.54, 1.807) is 18.2 Å². The molecule has 5 rings (SSSR count). The standard InChI is InChI=1S/C23H22Cl2N6O2/c1-14-11-26-9-10-30(14)16-7-5-15(6-8-16)28-23-27-12-17-21(29-23)33-13-31(22(17)32)20-18(24)3-2-4-19(20)25/h2-8,12,14,26H,9-11,13H2,1H3,(H,27,28,29)/t14-/m0/s1. The topological polar surface area (TPSA) is 82.6 Å². The second-order valence-corrected chi connectivity index (χ2v) is 8.72. The zero-order valence-corrected chi connectivity index (χ0v) is 19.4. The zero-order chi connectivity index (χ0) is 22.9. The highest BCUT2D eigenvalue weighted by atomic mass is 35.5. The normalized spacial score (nSPS) is 18.0. The van der Waals surface area contributed by atoms with E-state index in [4.69, 9.17) is 27.9 Å². The molecular weight excluding hydrogens is 463 g/mol. The van der Waals surface area contributed by atoms with Crippen LogP contribution in [0.4, 0.5) is 23.0 Å². The molecule has 2 N–H and O–H groups in total. The number of halogens is 2. The van der Waals surface area contributed by atoms with Crippen LogP contribution in [0.5, 0.6) is 5.88 Å². The summed E-state index contributed by atoms with van der Waals surface area (Å²) >= 11 is 12.5. The summed E-state index contributed by atoms with van der Waals surface area (Å²) in [5, 5.41) is 7.30. The second kappa shape index (κ2) is 9.05. The number of nitrogens with zero attached hydrogens (tertiary/aromatic N) is 4. The molecule has 33 heavy (non-hydrogen) atoms. The Labute approximate surface area is 201 Å². The second-order valence-electron chi connectivity index (χ2n) is 7.91. The first-order valence-electron chi connectivity index (χ1n) is 10.6. The minimum absolute atomic E-state index is 0.0523. The van der Waals surface area contributed by atoms with Crippen molar-refractivity contribution in [2.75, 3.05) is 41.5 Å². The minimum atomic E-state index is -0.327. The average molecular weight is 485 g/mol. The predicted octanol–water partition coefficient (Wildman–Crippen LogP) is 4.32. The number of benzene rings is 2. The van der Waals surface area contributed by atoms with Crippen molar-refractivity contribution in [3.8, 4) is 5.88 Å². The molecule has 0 bridgehead atoms. The van der Waals surface area contributed by atoms with Gasteiger partial charge in [0.2, 0.25) is 11.8 Å². The smallest absolute Gasteiger partial charge is 0.268 e. The molecule has 1 saturated heterocycles. The van der Waals surface area contributed by atoms with Crippen LogP contribution >= 0.6 is 23.2 Å². The monoisotopic (exact) mass is 484 g/mol. The predicted molar refractivity (Wildman–Crippen MR) is 130 cm³/mol. The molecule has 0 unspecified atom stereocenters. The molecule has 2 aromatic carbocycles. The molecule has 0 radical (unpaired) electrons. The summed E-state index contributed by atoms with van der Waals surface area (Å²) in [6.07, 6.45) is 1.45. The van der Waals surface area contributed by atoms with E-state index in [0.717, 1.165) is 25.3 Å². The summed E-state index contributed by atoms with van der Waals surface area (Å²) in [6, 6.07) is 13.6. The van der Waals surface area contributed by atoms with Crippen LogP contribution in [0.1, 0.15) is 17.3 Å². The third kappa shape index (κ3) is 4.29. The number of anilines is 4. The highest BCUT2D eigenvalue weighted by Gasteiger charge is 2.31. The lowest BCUT2D eigenvalue weighted by molar-refractivity contribution is 0.0932. The molecule has 0 aliphatic carbocycles. The molecule has 3 aromatic rings. The number of carbonyl (C=O) groups excluding carboxylic acids is 1. The fourth-order valence-corrected chi connectivity index (χ4v) is 4.62. The molecular formula is C23H22Cl2N6O2. The Morgan fingerprint density at radius 3 is 2.64 bits per heavy atom. The molecule has 10 heteroatoms. The van der Waals surface area contributed by atoms with E-state index in [-0.39, 0.29) is 24.1 Å². The van der Waals surface area contributed by atoms with Gasteiger partial charge in [0.15, 0.2) is 6.73 Å². The molecule has 0 spiro atoms. The number of amides is 1. The fourth-order valence-electron chi connectivity index (χ4n) is 4.02. The van der Waals surface area contributed by atoms with Gasteiger partial charge in [0.05, 0.1) is 15.7 Å². The number of hydrogen-bond acceptors (Lipinski definition) is 7. The number of fused-ring (bicyclic) bond motifs is 1. The first-order chi connectivity index (χ1) is 16.0. The molecule has 0 saturated carbocycles. The van der Waals surface area contributed by atoms with E-state index in [2.05, 4.69) is 44.6 Å². The lowest BCUT2D eigenvalue weighted by atomic mass is 10.1. The van der Waals surface area contributed by atoms with E-state index in [1.165, 1.54) is 16.8 Å². The molecule has 170 valence electrons. The quantitative estimate of drug-likeness (QED) is 0.570. The Balaban J connectivity index is 1.32. The lowest BCUT2D eigenvalue weighted by Crippen LogP contribution is -2.49. The molecule has 1 amide bonds. The van der Waals surface area contributed by atoms with Gasteiger partial charge in [0.25, 0.3) is 5.91 Å². The Kier molecular flexibility index (Phi) is 5.97. The number of rotatable bonds is 4. The van der Waals surface area contributed by atoms with Crippen LogP contribution in [-0.2, 0) is 0 Å². The summed E-state index contributed by atoms with van der Waals surface area (Å²) in [7, 11) is 0. The van der Waals surface area contributed by atoms with Crippen LogP contribution in [0.15, 0.2) is 48.7 Å². The minimum Gasteiger partial charge on any atom is -0.455 e. The first kappa shape index (κ1) is 21.8. The van der Waals surface area contributed by atoms with E-state index in [0.29, 0.717) is 27.7 Å². The molecule has 2 aliphatic heterocycles. The summed E-state index contributed by atoms with van der Waals surface area (Å²) in [4.78, 5) is 25.5. The van der Waals surface area contributed by atoms with Gasteiger partial charge < -0.3 is 20.3 Å². The number of hydrogen-bond donors (Lipinski definition) is 2. The highest BCUT2D eigenvalue weighted by Crippen LogP contribution is 2.37. The zero-order valence-electron chi connectivity index (χ0n) is 17.9. The van der Waals surface area contributed by atoms with Gasteiger partial charge in [-0.2, -0.15) is 4.98 Å². The lowest BCUT2D eigenvalue weighted by Gasteiger charge is -2.36. The van der Waals surface area contributed by atoms with Gasteiger partial charge in [-0.3, -0.25) is 9.69 Å². The van der Waals surface area contributed by atoms with E-state index in [1.807, 2.05) is 12.1 Å². The molecule has 1 fully saturated rings. The van der Waals surface area contributed by atoms with Gasteiger partial charge in [0.1, 0.15) is 5.56 Å². The summed E-state index contributed by atoms with van der Waals surface area (Å²) in [5.74, 6) is 0.226. The van der Waals surface area contributed by atoms with Crippen molar-refractivity contribution in [2.24, 2.45) is 0 Å². The van der Waals surface area contributed by atoms with Crippen LogP contribution in [-0.4, -0.2) is 48.3 Å². The van der Waals surface area contributed by atoms with Crippen molar-refractivity contribution in [3.05, 3.63) is 64.3 Å². The van der Waals surface area contributed by atoms with Gasteiger partial charge in [-0.15, -0.1) is 0 Å². The summed E-state index contributed by atoms with van der Waals surface area (Å²) < 4.78 is 5.74. The van der Waals surface area contributed by atoms with Gasteiger partial charge in [-0.05, 0) is 43.3 Å². The van der Waals surface area contributed by atoms with Gasteiger partial charge >= 0.3 is 0 Å². The van der Waals surface area contributed by atoms with E-state index >= 15 is 0 Å². The average Bonchev–Trinajstić information content (AvgIpc) is 2.81. The van der Waals surface area contributed by atoms with Crippen LogP contribution in [0.3, 0.4) is 0 Å². The number of aromatic nitrogens is 2. The van der Waals surface area contributed by atoms with Crippen LogP contribution < -0.4 is 25.2 Å². The Bertz CT molecular complexity index is 1170. The Morgan fingerprint density at radius 1 is 1.15 bits per heavy atom. The summed E-state index contributed by atoms with van der Waals surface area (Å²) in [6.45, 7) is 5.09. The van der Waals surface area contributed by atoms with Gasteiger partial charge in [-0.25, -0.2) is 4.98 Å². The SMILES string of the molecule is C[C@H]1CNCCN1c1ccc(Nc2ncc3c(n2)OCN(c2c(Cl)cccc2Cl)C3=O)cc1. The first-order valence-corrected chi connectivity index (χ1v) is 11.4. The number of ether oxygens (including phenoxy) is 1. The van der Waals surface area contributed by atoms with Crippen molar-refractivity contribution in [1.29, 1.82) is 0 Å². The Morgan fingerprint density at radius 2 is 1.91 bits per heavy atom. The maximum Gasteiger partial charge on any atom is 0.268 e. The third-order valence-corrected chi connectivity index (χ3v) is 6.33. The van der Waals surface area contributed by atoms with Crippen LogP contribution in [0.2, 0.25) is 10.0 Å². The number of carbonyl (C=O) groups is 1. The molecule has 1 atom stereocenters. The van der Waals surface area contributed by atoms with Crippen molar-refractivity contribution in [1.82, 2.24) is 15.3 Å². The van der Waals surface area contributed by atoms with Crippen molar-refractivity contribution in [3.63, 3.8) is 0 Å². The van der Waals surface area contributed by atoms with Gasteiger partial charge in [0, 0.05) is 43.2 Å². The van der Waals surface area contributed by atoms with E-state index in [9.17, 15) is 4.79 Å². The molecule has 1 aromatic heterocycles. The molecule has 8 nitrogen and oxygen atoms in total. The highest BCUT2D eigenvalue weighted by molar-refractivity contribution is 6.40. The number of piperazine rings is 1. The van der Waals surface area contributed by atoms with Crippen molar-refractivity contribution < 1.29 is 9.53 Å². The van der Waals surface area contributed by atoms with Crippen LogP contribution in [0, 0.1) is 0 Å². The van der Waals surface area contributed by atoms with Crippen molar-refractivity contribution in [2.45, 2.75) is 13.0 Å². The molecule has 2 aliphatic rings. The van der Waals surface area contributed by atoms with Gasteiger partial charge in [-0.1, -0.05) is 29.3 Å². The third-order valence-electron chi connectivity index (χ3n) is 5.72.